The highest BCUT2D eigenvalue weighted by atomic mass is 79.9. The Bertz CT molecular complexity index is 593. The quantitative estimate of drug-likeness (QED) is 0.913. The second-order valence-electron chi connectivity index (χ2n) is 5.07. The van der Waals surface area contributed by atoms with Crippen molar-refractivity contribution in [2.75, 3.05) is 0 Å². The molecule has 1 heterocycles. The Labute approximate surface area is 121 Å². The number of hydrogen-bond donors (Lipinski definition) is 2. The Hall–Kier alpha value is -1.20. The highest BCUT2D eigenvalue weighted by Gasteiger charge is 2.26. The topological polar surface area (TPSA) is 53.6 Å². The predicted molar refractivity (Wildman–Crippen MR) is 77.9 cm³/mol. The number of nitrogens with zero attached hydrogens (tertiary/aromatic N) is 2. The SMILES string of the molecule is Cc1nc(C(C)NC2CCc3c(Br)cccc32)n[nH]1. The van der Waals surface area contributed by atoms with Crippen LogP contribution in [-0.2, 0) is 6.42 Å². The van der Waals surface area contributed by atoms with Crippen LogP contribution in [0.1, 0.15) is 48.2 Å². The zero-order valence-corrected chi connectivity index (χ0v) is 12.7. The summed E-state index contributed by atoms with van der Waals surface area (Å²) < 4.78 is 1.22. The standard InChI is InChI=1S/C14H17BrN4/c1-8(14-17-9(2)18-19-14)16-13-7-6-10-11(13)4-3-5-12(10)15/h3-5,8,13,16H,6-7H2,1-2H3,(H,17,18,19). The van der Waals surface area contributed by atoms with Gasteiger partial charge in [-0.3, -0.25) is 5.10 Å². The first-order valence-corrected chi connectivity index (χ1v) is 7.36. The molecule has 0 spiro atoms. The second-order valence-corrected chi connectivity index (χ2v) is 5.92. The molecule has 100 valence electrons. The van der Waals surface area contributed by atoms with Crippen molar-refractivity contribution in [2.45, 2.75) is 38.8 Å². The molecule has 0 radical (unpaired) electrons. The number of nitrogens with one attached hydrogen (secondary N) is 2. The summed E-state index contributed by atoms with van der Waals surface area (Å²) in [5.74, 6) is 1.69. The van der Waals surface area contributed by atoms with Crippen molar-refractivity contribution in [3.8, 4) is 0 Å². The first kappa shape index (κ1) is 12.8. The summed E-state index contributed by atoms with van der Waals surface area (Å²) in [5, 5.41) is 10.7. The van der Waals surface area contributed by atoms with Gasteiger partial charge in [0, 0.05) is 10.5 Å². The Kier molecular flexibility index (Phi) is 3.41. The van der Waals surface area contributed by atoms with Gasteiger partial charge >= 0.3 is 0 Å². The maximum absolute atomic E-state index is 4.39. The third kappa shape index (κ3) is 2.44. The molecule has 5 heteroatoms. The van der Waals surface area contributed by atoms with Crippen LogP contribution < -0.4 is 5.32 Å². The molecule has 0 amide bonds. The maximum Gasteiger partial charge on any atom is 0.167 e. The largest absolute Gasteiger partial charge is 0.301 e. The van der Waals surface area contributed by atoms with E-state index in [1.54, 1.807) is 0 Å². The molecule has 4 nitrogen and oxygen atoms in total. The van der Waals surface area contributed by atoms with E-state index in [1.807, 2.05) is 6.92 Å². The summed E-state index contributed by atoms with van der Waals surface area (Å²) in [5.41, 5.74) is 2.83. The predicted octanol–water partition coefficient (Wildman–Crippen LogP) is 3.21. The number of benzene rings is 1. The molecular weight excluding hydrogens is 304 g/mol. The summed E-state index contributed by atoms with van der Waals surface area (Å²) in [6.45, 7) is 4.03. The molecule has 2 atom stereocenters. The zero-order valence-electron chi connectivity index (χ0n) is 11.1. The van der Waals surface area contributed by atoms with E-state index in [-0.39, 0.29) is 6.04 Å². The van der Waals surface area contributed by atoms with Gasteiger partial charge in [0.1, 0.15) is 5.82 Å². The highest BCUT2D eigenvalue weighted by molar-refractivity contribution is 9.10. The number of H-pyrrole nitrogens is 1. The number of fused-ring (bicyclic) bond motifs is 1. The van der Waals surface area contributed by atoms with Gasteiger partial charge in [0.2, 0.25) is 0 Å². The van der Waals surface area contributed by atoms with Gasteiger partial charge in [-0.1, -0.05) is 28.1 Å². The summed E-state index contributed by atoms with van der Waals surface area (Å²) in [6.07, 6.45) is 2.25. The molecule has 0 fully saturated rings. The van der Waals surface area contributed by atoms with Crippen LogP contribution in [0.3, 0.4) is 0 Å². The average Bonchev–Trinajstić information content (AvgIpc) is 2.98. The molecule has 2 aromatic rings. The molecule has 0 aliphatic heterocycles. The molecule has 0 saturated carbocycles. The van der Waals surface area contributed by atoms with Crippen molar-refractivity contribution in [1.29, 1.82) is 0 Å². The van der Waals surface area contributed by atoms with Crippen LogP contribution in [0.25, 0.3) is 0 Å². The van der Waals surface area contributed by atoms with E-state index in [4.69, 9.17) is 0 Å². The van der Waals surface area contributed by atoms with Crippen LogP contribution in [0.5, 0.6) is 0 Å². The summed E-state index contributed by atoms with van der Waals surface area (Å²) in [6, 6.07) is 6.97. The van der Waals surface area contributed by atoms with Gasteiger partial charge in [-0.05, 0) is 43.9 Å². The fraction of sp³-hybridized carbons (Fsp3) is 0.429. The molecule has 0 bridgehead atoms. The van der Waals surface area contributed by atoms with Crippen molar-refractivity contribution >= 4 is 15.9 Å². The number of aromatic amines is 1. The molecule has 1 aromatic carbocycles. The van der Waals surface area contributed by atoms with Crippen molar-refractivity contribution < 1.29 is 0 Å². The maximum atomic E-state index is 4.39. The Morgan fingerprint density at radius 1 is 1.47 bits per heavy atom. The van der Waals surface area contributed by atoms with Gasteiger partial charge in [0.15, 0.2) is 5.82 Å². The van der Waals surface area contributed by atoms with E-state index < -0.39 is 0 Å². The summed E-state index contributed by atoms with van der Waals surface area (Å²) in [4.78, 5) is 4.39. The Balaban J connectivity index is 1.78. The van der Waals surface area contributed by atoms with Crippen molar-refractivity contribution in [1.82, 2.24) is 20.5 Å². The number of hydrogen-bond acceptors (Lipinski definition) is 3. The van der Waals surface area contributed by atoms with Gasteiger partial charge in [0.25, 0.3) is 0 Å². The minimum Gasteiger partial charge on any atom is -0.301 e. The third-order valence-corrected chi connectivity index (χ3v) is 4.41. The molecule has 3 rings (SSSR count). The van der Waals surface area contributed by atoms with Crippen LogP contribution in [0.4, 0.5) is 0 Å². The van der Waals surface area contributed by atoms with Crippen LogP contribution >= 0.6 is 15.9 Å². The van der Waals surface area contributed by atoms with E-state index in [0.29, 0.717) is 6.04 Å². The number of halogens is 1. The van der Waals surface area contributed by atoms with E-state index in [1.165, 1.54) is 15.6 Å². The summed E-state index contributed by atoms with van der Waals surface area (Å²) in [7, 11) is 0. The minimum absolute atomic E-state index is 0.153. The van der Waals surface area contributed by atoms with E-state index >= 15 is 0 Å². The molecular formula is C14H17BrN4. The fourth-order valence-corrected chi connectivity index (χ4v) is 3.29. The van der Waals surface area contributed by atoms with Crippen LogP contribution in [0, 0.1) is 6.92 Å². The van der Waals surface area contributed by atoms with Crippen molar-refractivity contribution in [3.63, 3.8) is 0 Å². The highest BCUT2D eigenvalue weighted by Crippen LogP contribution is 2.36. The molecule has 2 N–H and O–H groups in total. The first-order valence-electron chi connectivity index (χ1n) is 6.57. The van der Waals surface area contributed by atoms with Crippen molar-refractivity contribution in [2.24, 2.45) is 0 Å². The fourth-order valence-electron chi connectivity index (χ4n) is 2.71. The number of aromatic nitrogens is 3. The van der Waals surface area contributed by atoms with Gasteiger partial charge in [-0.15, -0.1) is 0 Å². The van der Waals surface area contributed by atoms with Crippen LogP contribution in [-0.4, -0.2) is 15.2 Å². The molecule has 1 aromatic heterocycles. The third-order valence-electron chi connectivity index (χ3n) is 3.67. The van der Waals surface area contributed by atoms with E-state index in [0.717, 1.165) is 24.5 Å². The Morgan fingerprint density at radius 2 is 2.32 bits per heavy atom. The number of rotatable bonds is 3. The van der Waals surface area contributed by atoms with Gasteiger partial charge in [-0.25, -0.2) is 4.98 Å². The normalized spacial score (nSPS) is 19.4. The van der Waals surface area contributed by atoms with Crippen molar-refractivity contribution in [3.05, 3.63) is 45.4 Å². The van der Waals surface area contributed by atoms with Crippen LogP contribution in [0.2, 0.25) is 0 Å². The smallest absolute Gasteiger partial charge is 0.167 e. The van der Waals surface area contributed by atoms with Gasteiger partial charge in [0.05, 0.1) is 6.04 Å². The average molecular weight is 321 g/mol. The molecule has 1 aliphatic rings. The van der Waals surface area contributed by atoms with Crippen LogP contribution in [0.15, 0.2) is 22.7 Å². The first-order chi connectivity index (χ1) is 9.15. The lowest BCUT2D eigenvalue weighted by molar-refractivity contribution is 0.451. The van der Waals surface area contributed by atoms with E-state index in [2.05, 4.69) is 61.6 Å². The van der Waals surface area contributed by atoms with Gasteiger partial charge in [-0.2, -0.15) is 5.10 Å². The Morgan fingerprint density at radius 3 is 3.05 bits per heavy atom. The lowest BCUT2D eigenvalue weighted by atomic mass is 10.1. The monoisotopic (exact) mass is 320 g/mol. The lowest BCUT2D eigenvalue weighted by Gasteiger charge is -2.18. The molecule has 2 unspecified atom stereocenters. The number of aryl methyl sites for hydroxylation is 1. The lowest BCUT2D eigenvalue weighted by Crippen LogP contribution is -2.23. The molecule has 19 heavy (non-hydrogen) atoms. The van der Waals surface area contributed by atoms with Gasteiger partial charge < -0.3 is 5.32 Å². The molecule has 0 saturated heterocycles. The molecule has 1 aliphatic carbocycles. The zero-order chi connectivity index (χ0) is 13.4. The second kappa shape index (κ2) is 5.06. The summed E-state index contributed by atoms with van der Waals surface area (Å²) >= 11 is 3.63. The minimum atomic E-state index is 0.153. The van der Waals surface area contributed by atoms with E-state index in [9.17, 15) is 0 Å².